The minimum Gasteiger partial charge on any atom is -0.507 e. The highest BCUT2D eigenvalue weighted by Crippen LogP contribution is 2.24. The molecular formula is C12H10INO3S. The standard InChI is InChI=1S/C12H10INO3S/c13-9-4-3-5-10(8-9)14-18(16,17)12-7-2-1-6-11(12)15/h1-8,14-15H. The quantitative estimate of drug-likeness (QED) is 0.811. The first-order chi connectivity index (χ1) is 8.49. The summed E-state index contributed by atoms with van der Waals surface area (Å²) >= 11 is 2.09. The summed E-state index contributed by atoms with van der Waals surface area (Å²) in [6, 6.07) is 12.8. The number of aromatic hydroxyl groups is 1. The molecule has 0 aliphatic rings. The fraction of sp³-hybridized carbons (Fsp3) is 0. The second-order valence-electron chi connectivity index (χ2n) is 3.58. The lowest BCUT2D eigenvalue weighted by Gasteiger charge is -2.09. The third-order valence-corrected chi connectivity index (χ3v) is 4.33. The van der Waals surface area contributed by atoms with E-state index in [0.717, 1.165) is 3.57 Å². The highest BCUT2D eigenvalue weighted by atomic mass is 127. The predicted molar refractivity (Wildman–Crippen MR) is 78.1 cm³/mol. The number of phenolic OH excluding ortho intramolecular Hbond substituents is 1. The summed E-state index contributed by atoms with van der Waals surface area (Å²) in [5.41, 5.74) is 0.463. The van der Waals surface area contributed by atoms with Gasteiger partial charge in [0.1, 0.15) is 10.6 Å². The molecule has 0 saturated carbocycles. The zero-order chi connectivity index (χ0) is 13.2. The third-order valence-electron chi connectivity index (χ3n) is 2.23. The minimum absolute atomic E-state index is 0.135. The van der Waals surface area contributed by atoms with E-state index < -0.39 is 10.0 Å². The van der Waals surface area contributed by atoms with Crippen LogP contribution in [0.4, 0.5) is 5.69 Å². The van der Waals surface area contributed by atoms with Gasteiger partial charge in [-0.3, -0.25) is 4.72 Å². The Morgan fingerprint density at radius 3 is 2.44 bits per heavy atom. The first-order valence-electron chi connectivity index (χ1n) is 5.05. The van der Waals surface area contributed by atoms with Crippen LogP contribution < -0.4 is 4.72 Å². The number of sulfonamides is 1. The average molecular weight is 375 g/mol. The number of para-hydroxylation sites is 1. The van der Waals surface area contributed by atoms with Crippen molar-refractivity contribution in [2.75, 3.05) is 4.72 Å². The van der Waals surface area contributed by atoms with Gasteiger partial charge in [-0.1, -0.05) is 18.2 Å². The molecule has 0 fully saturated rings. The average Bonchev–Trinajstić information content (AvgIpc) is 2.28. The third kappa shape index (κ3) is 2.94. The summed E-state index contributed by atoms with van der Waals surface area (Å²) in [6.07, 6.45) is 0. The van der Waals surface area contributed by atoms with E-state index in [-0.39, 0.29) is 10.6 Å². The van der Waals surface area contributed by atoms with Crippen LogP contribution in [0.25, 0.3) is 0 Å². The van der Waals surface area contributed by atoms with Crippen molar-refractivity contribution in [3.63, 3.8) is 0 Å². The summed E-state index contributed by atoms with van der Waals surface area (Å²) in [6.45, 7) is 0. The van der Waals surface area contributed by atoms with E-state index in [1.807, 2.05) is 6.07 Å². The largest absolute Gasteiger partial charge is 0.507 e. The maximum Gasteiger partial charge on any atom is 0.265 e. The van der Waals surface area contributed by atoms with Gasteiger partial charge < -0.3 is 5.11 Å². The smallest absolute Gasteiger partial charge is 0.265 e. The Morgan fingerprint density at radius 1 is 1.06 bits per heavy atom. The van der Waals surface area contributed by atoms with Crippen molar-refractivity contribution >= 4 is 38.3 Å². The molecule has 18 heavy (non-hydrogen) atoms. The maximum atomic E-state index is 12.1. The summed E-state index contributed by atoms with van der Waals surface area (Å²) in [7, 11) is -3.76. The molecule has 2 N–H and O–H groups in total. The highest BCUT2D eigenvalue weighted by molar-refractivity contribution is 14.1. The number of anilines is 1. The molecule has 0 radical (unpaired) electrons. The van der Waals surface area contributed by atoms with E-state index in [4.69, 9.17) is 0 Å². The minimum atomic E-state index is -3.76. The van der Waals surface area contributed by atoms with Gasteiger partial charge >= 0.3 is 0 Å². The monoisotopic (exact) mass is 375 g/mol. The van der Waals surface area contributed by atoms with Crippen molar-refractivity contribution in [2.24, 2.45) is 0 Å². The second-order valence-corrected chi connectivity index (χ2v) is 6.48. The number of nitrogens with one attached hydrogen (secondary N) is 1. The molecule has 0 aromatic heterocycles. The van der Waals surface area contributed by atoms with Crippen molar-refractivity contribution in [3.05, 3.63) is 52.1 Å². The molecule has 4 nitrogen and oxygen atoms in total. The summed E-state index contributed by atoms with van der Waals surface area (Å²) in [5.74, 6) is -0.268. The molecule has 0 aliphatic heterocycles. The number of phenols is 1. The fourth-order valence-electron chi connectivity index (χ4n) is 1.45. The SMILES string of the molecule is O=S(=O)(Nc1cccc(I)c1)c1ccccc1O. The van der Waals surface area contributed by atoms with Crippen LogP contribution in [0, 0.1) is 3.57 Å². The molecule has 0 spiro atoms. The molecule has 0 atom stereocenters. The fourth-order valence-corrected chi connectivity index (χ4v) is 3.14. The Bertz CT molecular complexity index is 671. The lowest BCUT2D eigenvalue weighted by molar-refractivity contribution is 0.459. The molecule has 0 aliphatic carbocycles. The van der Waals surface area contributed by atoms with E-state index in [9.17, 15) is 13.5 Å². The molecular weight excluding hydrogens is 365 g/mol. The van der Waals surface area contributed by atoms with Gasteiger partial charge in [0.15, 0.2) is 0 Å². The van der Waals surface area contributed by atoms with Gasteiger partial charge in [-0.15, -0.1) is 0 Å². The topological polar surface area (TPSA) is 66.4 Å². The normalized spacial score (nSPS) is 11.2. The van der Waals surface area contributed by atoms with Gasteiger partial charge in [-0.05, 0) is 52.9 Å². The molecule has 0 heterocycles. The molecule has 2 rings (SSSR count). The van der Waals surface area contributed by atoms with Gasteiger partial charge in [-0.25, -0.2) is 8.42 Å². The van der Waals surface area contributed by atoms with Crippen LogP contribution in [0.5, 0.6) is 5.75 Å². The van der Waals surface area contributed by atoms with Crippen molar-refractivity contribution in [3.8, 4) is 5.75 Å². The highest BCUT2D eigenvalue weighted by Gasteiger charge is 2.17. The maximum absolute atomic E-state index is 12.1. The Kier molecular flexibility index (Phi) is 3.76. The second kappa shape index (κ2) is 5.15. The summed E-state index contributed by atoms with van der Waals surface area (Å²) in [4.78, 5) is -0.135. The summed E-state index contributed by atoms with van der Waals surface area (Å²) < 4.78 is 27.5. The molecule has 0 unspecified atom stereocenters. The van der Waals surface area contributed by atoms with Crippen molar-refractivity contribution in [1.29, 1.82) is 0 Å². The summed E-state index contributed by atoms with van der Waals surface area (Å²) in [5, 5.41) is 9.56. The zero-order valence-electron chi connectivity index (χ0n) is 9.17. The number of benzene rings is 2. The Hall–Kier alpha value is -1.28. The van der Waals surface area contributed by atoms with Gasteiger partial charge in [0.2, 0.25) is 0 Å². The van der Waals surface area contributed by atoms with Gasteiger partial charge in [-0.2, -0.15) is 0 Å². The van der Waals surface area contributed by atoms with Crippen molar-refractivity contribution in [2.45, 2.75) is 4.90 Å². The van der Waals surface area contributed by atoms with Crippen LogP contribution in [0.1, 0.15) is 0 Å². The van der Waals surface area contributed by atoms with Crippen LogP contribution in [0.15, 0.2) is 53.4 Å². The lowest BCUT2D eigenvalue weighted by Crippen LogP contribution is -2.13. The number of hydrogen-bond acceptors (Lipinski definition) is 3. The van der Waals surface area contributed by atoms with Crippen molar-refractivity contribution in [1.82, 2.24) is 0 Å². The Balaban J connectivity index is 2.37. The zero-order valence-corrected chi connectivity index (χ0v) is 12.1. The van der Waals surface area contributed by atoms with Gasteiger partial charge in [0.25, 0.3) is 10.0 Å². The van der Waals surface area contributed by atoms with Crippen LogP contribution in [-0.2, 0) is 10.0 Å². The van der Waals surface area contributed by atoms with E-state index >= 15 is 0 Å². The Morgan fingerprint density at radius 2 is 1.78 bits per heavy atom. The van der Waals surface area contributed by atoms with Gasteiger partial charge in [0.05, 0.1) is 0 Å². The van der Waals surface area contributed by atoms with Crippen LogP contribution in [0.3, 0.4) is 0 Å². The Labute approximate surface area is 119 Å². The van der Waals surface area contributed by atoms with Crippen LogP contribution in [-0.4, -0.2) is 13.5 Å². The molecule has 0 bridgehead atoms. The number of hydrogen-bond donors (Lipinski definition) is 2. The van der Waals surface area contributed by atoms with E-state index in [1.54, 1.807) is 30.3 Å². The number of halogens is 1. The van der Waals surface area contributed by atoms with Crippen LogP contribution >= 0.6 is 22.6 Å². The molecule has 6 heteroatoms. The molecule has 2 aromatic carbocycles. The van der Waals surface area contributed by atoms with E-state index in [2.05, 4.69) is 27.3 Å². The predicted octanol–water partition coefficient (Wildman–Crippen LogP) is 2.80. The molecule has 2 aromatic rings. The van der Waals surface area contributed by atoms with E-state index in [0.29, 0.717) is 5.69 Å². The van der Waals surface area contributed by atoms with Crippen molar-refractivity contribution < 1.29 is 13.5 Å². The lowest BCUT2D eigenvalue weighted by atomic mass is 10.3. The number of rotatable bonds is 3. The molecule has 0 saturated heterocycles. The van der Waals surface area contributed by atoms with E-state index in [1.165, 1.54) is 12.1 Å². The van der Waals surface area contributed by atoms with Crippen LogP contribution in [0.2, 0.25) is 0 Å². The first kappa shape index (κ1) is 13.2. The van der Waals surface area contributed by atoms with Gasteiger partial charge in [0, 0.05) is 9.26 Å². The molecule has 0 amide bonds. The first-order valence-corrected chi connectivity index (χ1v) is 7.61. The molecule has 94 valence electrons.